The number of benzene rings is 1. The van der Waals surface area contributed by atoms with Gasteiger partial charge in [-0.3, -0.25) is 9.59 Å². The number of amides is 2. The second kappa shape index (κ2) is 7.00. The summed E-state index contributed by atoms with van der Waals surface area (Å²) in [6, 6.07) is 7.54. The van der Waals surface area contributed by atoms with Gasteiger partial charge in [0.05, 0.1) is 12.6 Å². The fraction of sp³-hybridized carbons (Fsp3) is 0.529. The molecule has 6 nitrogen and oxygen atoms in total. The van der Waals surface area contributed by atoms with Crippen LogP contribution in [0.5, 0.6) is 0 Å². The minimum atomic E-state index is -0.193. The van der Waals surface area contributed by atoms with E-state index in [0.717, 1.165) is 38.0 Å². The molecular weight excluding hydrogens is 294 g/mol. The number of nitrogens with one attached hydrogen (secondary N) is 1. The van der Waals surface area contributed by atoms with Gasteiger partial charge >= 0.3 is 0 Å². The van der Waals surface area contributed by atoms with Crippen LogP contribution in [-0.4, -0.2) is 60.6 Å². The summed E-state index contributed by atoms with van der Waals surface area (Å²) in [4.78, 5) is 27.9. The van der Waals surface area contributed by atoms with Crippen molar-refractivity contribution in [3.05, 3.63) is 29.8 Å². The lowest BCUT2D eigenvalue weighted by Gasteiger charge is -2.31. The quantitative estimate of drug-likeness (QED) is 0.838. The van der Waals surface area contributed by atoms with Gasteiger partial charge in [-0.05, 0) is 43.5 Å². The Balaban J connectivity index is 1.66. The maximum Gasteiger partial charge on any atom is 0.254 e. The molecule has 2 heterocycles. The summed E-state index contributed by atoms with van der Waals surface area (Å²) in [6.07, 6.45) is 2.15. The van der Waals surface area contributed by atoms with Gasteiger partial charge < -0.3 is 20.2 Å². The first-order valence-corrected chi connectivity index (χ1v) is 8.22. The van der Waals surface area contributed by atoms with E-state index in [1.807, 2.05) is 24.3 Å². The van der Waals surface area contributed by atoms with Gasteiger partial charge in [0.25, 0.3) is 5.91 Å². The van der Waals surface area contributed by atoms with Crippen LogP contribution in [0.15, 0.2) is 24.3 Å². The standard InChI is InChI=1S/C17H23N3O3/c21-15-6-10-19(11-7-15)14-4-2-13(3-5-14)17(23)20-9-1-8-18-16(22)12-20/h2-5,15,21H,1,6-12H2,(H,18,22). The van der Waals surface area contributed by atoms with Crippen LogP contribution in [0.3, 0.4) is 0 Å². The second-order valence-corrected chi connectivity index (χ2v) is 6.20. The third-order valence-electron chi connectivity index (χ3n) is 4.49. The van der Waals surface area contributed by atoms with Crippen molar-refractivity contribution in [2.45, 2.75) is 25.4 Å². The number of aliphatic hydroxyl groups is 1. The third kappa shape index (κ3) is 3.82. The van der Waals surface area contributed by atoms with Crippen molar-refractivity contribution in [3.8, 4) is 0 Å². The molecule has 2 aliphatic heterocycles. The molecule has 0 bridgehead atoms. The maximum absolute atomic E-state index is 12.5. The van der Waals surface area contributed by atoms with Crippen LogP contribution in [-0.2, 0) is 4.79 Å². The van der Waals surface area contributed by atoms with E-state index in [0.29, 0.717) is 18.7 Å². The Labute approximate surface area is 136 Å². The highest BCUT2D eigenvalue weighted by Gasteiger charge is 2.22. The Bertz CT molecular complexity index is 565. The summed E-state index contributed by atoms with van der Waals surface area (Å²) in [5.74, 6) is -0.193. The number of aliphatic hydroxyl groups excluding tert-OH is 1. The Hall–Kier alpha value is -2.08. The summed E-state index contributed by atoms with van der Waals surface area (Å²) in [7, 11) is 0. The van der Waals surface area contributed by atoms with Gasteiger partial charge in [0, 0.05) is 37.4 Å². The van der Waals surface area contributed by atoms with Gasteiger partial charge in [0.2, 0.25) is 5.91 Å². The van der Waals surface area contributed by atoms with Gasteiger partial charge in [-0.25, -0.2) is 0 Å². The largest absolute Gasteiger partial charge is 0.393 e. The number of piperidine rings is 1. The molecule has 124 valence electrons. The number of rotatable bonds is 2. The number of anilines is 1. The van der Waals surface area contributed by atoms with E-state index in [9.17, 15) is 14.7 Å². The molecule has 2 amide bonds. The lowest BCUT2D eigenvalue weighted by molar-refractivity contribution is -0.121. The highest BCUT2D eigenvalue weighted by atomic mass is 16.3. The number of carbonyl (C=O) groups is 2. The molecule has 1 aromatic carbocycles. The van der Waals surface area contributed by atoms with Gasteiger partial charge in [-0.2, -0.15) is 0 Å². The van der Waals surface area contributed by atoms with Crippen molar-refractivity contribution < 1.29 is 14.7 Å². The number of hydrogen-bond acceptors (Lipinski definition) is 4. The smallest absolute Gasteiger partial charge is 0.254 e. The van der Waals surface area contributed by atoms with Gasteiger partial charge in [0.1, 0.15) is 0 Å². The maximum atomic E-state index is 12.5. The van der Waals surface area contributed by atoms with E-state index >= 15 is 0 Å². The van der Waals surface area contributed by atoms with Crippen LogP contribution < -0.4 is 10.2 Å². The molecule has 2 aliphatic rings. The van der Waals surface area contributed by atoms with Crippen molar-refractivity contribution in [3.63, 3.8) is 0 Å². The Kier molecular flexibility index (Phi) is 4.81. The van der Waals surface area contributed by atoms with E-state index in [4.69, 9.17) is 0 Å². The first-order chi connectivity index (χ1) is 11.1. The van der Waals surface area contributed by atoms with Crippen LogP contribution >= 0.6 is 0 Å². The molecule has 2 saturated heterocycles. The minimum Gasteiger partial charge on any atom is -0.393 e. The molecule has 6 heteroatoms. The van der Waals surface area contributed by atoms with Crippen molar-refractivity contribution in [1.29, 1.82) is 0 Å². The molecule has 0 aromatic heterocycles. The summed E-state index contributed by atoms with van der Waals surface area (Å²) < 4.78 is 0. The summed E-state index contributed by atoms with van der Waals surface area (Å²) in [5, 5.41) is 12.3. The van der Waals surface area contributed by atoms with Crippen molar-refractivity contribution in [2.75, 3.05) is 37.6 Å². The number of carbonyl (C=O) groups excluding carboxylic acids is 2. The van der Waals surface area contributed by atoms with E-state index in [1.165, 1.54) is 0 Å². The summed E-state index contributed by atoms with van der Waals surface area (Å²) >= 11 is 0. The van der Waals surface area contributed by atoms with Gasteiger partial charge in [-0.15, -0.1) is 0 Å². The van der Waals surface area contributed by atoms with Crippen molar-refractivity contribution in [1.82, 2.24) is 10.2 Å². The third-order valence-corrected chi connectivity index (χ3v) is 4.49. The average Bonchev–Trinajstić information content (AvgIpc) is 2.80. The molecule has 0 unspecified atom stereocenters. The molecule has 3 rings (SSSR count). The Morgan fingerprint density at radius 3 is 2.52 bits per heavy atom. The monoisotopic (exact) mass is 317 g/mol. The first kappa shape index (κ1) is 15.8. The molecule has 2 fully saturated rings. The first-order valence-electron chi connectivity index (χ1n) is 8.22. The number of hydrogen-bond donors (Lipinski definition) is 2. The molecule has 0 spiro atoms. The molecule has 0 atom stereocenters. The molecule has 23 heavy (non-hydrogen) atoms. The van der Waals surface area contributed by atoms with Crippen molar-refractivity contribution >= 4 is 17.5 Å². The normalized spacial score (nSPS) is 20.1. The average molecular weight is 317 g/mol. The SMILES string of the molecule is O=C1CN(C(=O)c2ccc(N3CCC(O)CC3)cc2)CCCN1. The van der Waals surface area contributed by atoms with Crippen LogP contribution in [0.4, 0.5) is 5.69 Å². The molecule has 2 N–H and O–H groups in total. The molecular formula is C17H23N3O3. The second-order valence-electron chi connectivity index (χ2n) is 6.20. The molecule has 0 aliphatic carbocycles. The fourth-order valence-electron chi connectivity index (χ4n) is 3.10. The van der Waals surface area contributed by atoms with E-state index in [1.54, 1.807) is 4.90 Å². The lowest BCUT2D eigenvalue weighted by atomic mass is 10.1. The van der Waals surface area contributed by atoms with Crippen LogP contribution in [0.1, 0.15) is 29.6 Å². The lowest BCUT2D eigenvalue weighted by Crippen LogP contribution is -2.37. The molecule has 1 aromatic rings. The Morgan fingerprint density at radius 1 is 1.13 bits per heavy atom. The zero-order chi connectivity index (χ0) is 16.2. The van der Waals surface area contributed by atoms with Gasteiger partial charge in [0.15, 0.2) is 0 Å². The summed E-state index contributed by atoms with van der Waals surface area (Å²) in [5.41, 5.74) is 1.68. The number of nitrogens with zero attached hydrogens (tertiary/aromatic N) is 2. The fourth-order valence-corrected chi connectivity index (χ4v) is 3.10. The van der Waals surface area contributed by atoms with E-state index in [2.05, 4.69) is 10.2 Å². The predicted octanol–water partition coefficient (Wildman–Crippen LogP) is 0.610. The van der Waals surface area contributed by atoms with E-state index in [-0.39, 0.29) is 24.5 Å². The predicted molar refractivity (Wildman–Crippen MR) is 87.4 cm³/mol. The van der Waals surface area contributed by atoms with Crippen LogP contribution in [0.25, 0.3) is 0 Å². The van der Waals surface area contributed by atoms with Crippen LogP contribution in [0.2, 0.25) is 0 Å². The van der Waals surface area contributed by atoms with Crippen molar-refractivity contribution in [2.24, 2.45) is 0 Å². The zero-order valence-corrected chi connectivity index (χ0v) is 13.2. The van der Waals surface area contributed by atoms with E-state index < -0.39 is 0 Å². The minimum absolute atomic E-state index is 0.0948. The molecule has 0 saturated carbocycles. The summed E-state index contributed by atoms with van der Waals surface area (Å²) in [6.45, 7) is 3.03. The zero-order valence-electron chi connectivity index (χ0n) is 13.2. The Morgan fingerprint density at radius 2 is 1.83 bits per heavy atom. The molecule has 0 radical (unpaired) electrons. The topological polar surface area (TPSA) is 72.9 Å². The highest BCUT2D eigenvalue weighted by Crippen LogP contribution is 2.21. The van der Waals surface area contributed by atoms with Gasteiger partial charge in [-0.1, -0.05) is 0 Å². The highest BCUT2D eigenvalue weighted by molar-refractivity contribution is 5.97. The van der Waals surface area contributed by atoms with Crippen LogP contribution in [0, 0.1) is 0 Å².